The summed E-state index contributed by atoms with van der Waals surface area (Å²) in [6.45, 7) is 17.0. The summed E-state index contributed by atoms with van der Waals surface area (Å²) in [5.74, 6) is -0.486. The van der Waals surface area contributed by atoms with E-state index in [4.69, 9.17) is 9.47 Å². The molecule has 0 aromatic rings. The van der Waals surface area contributed by atoms with Crippen molar-refractivity contribution in [2.75, 3.05) is 0 Å². The van der Waals surface area contributed by atoms with Crippen LogP contribution in [0.1, 0.15) is 107 Å². The lowest BCUT2D eigenvalue weighted by Gasteiger charge is -2.41. The fraction of sp³-hybridized carbons (Fsp3) is 1.00. The normalized spacial score (nSPS) is 13.7. The Kier molecular flexibility index (Phi) is 9.11. The zero-order valence-corrected chi connectivity index (χ0v) is 16.0. The van der Waals surface area contributed by atoms with Crippen LogP contribution in [-0.4, -0.2) is 17.0 Å². The van der Waals surface area contributed by atoms with E-state index < -0.39 is 5.79 Å². The standard InChI is InChI=1S/C19H40O2/c1-9-10-11-12-13-14-15-16-19(8,20-17(2,3)4)21-18(5,6)7/h9-16H2,1-8H3. The zero-order chi connectivity index (χ0) is 16.6. The summed E-state index contributed by atoms with van der Waals surface area (Å²) in [7, 11) is 0. The van der Waals surface area contributed by atoms with Crippen molar-refractivity contribution in [3.63, 3.8) is 0 Å². The van der Waals surface area contributed by atoms with Crippen LogP contribution in [0.2, 0.25) is 0 Å². The lowest BCUT2D eigenvalue weighted by atomic mass is 10.0. The number of ether oxygens (including phenoxy) is 2. The molecule has 0 aliphatic rings. The molecule has 0 radical (unpaired) electrons. The molecule has 0 aliphatic heterocycles. The highest BCUT2D eigenvalue weighted by atomic mass is 16.7. The molecule has 21 heavy (non-hydrogen) atoms. The maximum Gasteiger partial charge on any atom is 0.166 e. The van der Waals surface area contributed by atoms with E-state index in [-0.39, 0.29) is 11.2 Å². The van der Waals surface area contributed by atoms with Gasteiger partial charge in [0.25, 0.3) is 0 Å². The maximum absolute atomic E-state index is 6.22. The number of hydrogen-bond acceptors (Lipinski definition) is 2. The van der Waals surface area contributed by atoms with Crippen LogP contribution in [-0.2, 0) is 9.47 Å². The Bertz CT molecular complexity index is 242. The minimum absolute atomic E-state index is 0.179. The van der Waals surface area contributed by atoms with Crippen molar-refractivity contribution in [2.45, 2.75) is 124 Å². The topological polar surface area (TPSA) is 18.5 Å². The first-order chi connectivity index (χ1) is 9.47. The fourth-order valence-corrected chi connectivity index (χ4v) is 2.82. The third-order valence-corrected chi connectivity index (χ3v) is 3.28. The smallest absolute Gasteiger partial charge is 0.166 e. The Hall–Kier alpha value is -0.0800. The van der Waals surface area contributed by atoms with Crippen LogP contribution in [0, 0.1) is 0 Å². The molecule has 2 heteroatoms. The van der Waals surface area contributed by atoms with Gasteiger partial charge in [0.05, 0.1) is 11.2 Å². The molecular weight excluding hydrogens is 260 g/mol. The SMILES string of the molecule is CCCCCCCCCC(C)(OC(C)(C)C)OC(C)(C)C. The molecule has 0 heterocycles. The first-order valence-corrected chi connectivity index (χ1v) is 8.88. The predicted octanol–water partition coefficient (Wildman–Crippen LogP) is 6.47. The van der Waals surface area contributed by atoms with Crippen LogP contribution >= 0.6 is 0 Å². The van der Waals surface area contributed by atoms with E-state index in [1.54, 1.807) is 0 Å². The van der Waals surface area contributed by atoms with Crippen LogP contribution in [0.4, 0.5) is 0 Å². The summed E-state index contributed by atoms with van der Waals surface area (Å²) in [5.41, 5.74) is -0.359. The minimum atomic E-state index is -0.486. The van der Waals surface area contributed by atoms with E-state index in [9.17, 15) is 0 Å². The van der Waals surface area contributed by atoms with Crippen molar-refractivity contribution in [2.24, 2.45) is 0 Å². The van der Waals surface area contributed by atoms with Crippen molar-refractivity contribution in [1.82, 2.24) is 0 Å². The highest BCUT2D eigenvalue weighted by molar-refractivity contribution is 4.75. The summed E-state index contributed by atoms with van der Waals surface area (Å²) in [6, 6.07) is 0. The third-order valence-electron chi connectivity index (χ3n) is 3.28. The Labute approximate surface area is 134 Å². The third kappa shape index (κ3) is 13.3. The average Bonchev–Trinajstić information content (AvgIpc) is 2.22. The molecule has 0 aromatic carbocycles. The quantitative estimate of drug-likeness (QED) is 0.340. The van der Waals surface area contributed by atoms with Gasteiger partial charge in [-0.2, -0.15) is 0 Å². The molecule has 0 spiro atoms. The van der Waals surface area contributed by atoms with Crippen LogP contribution in [0.5, 0.6) is 0 Å². The molecule has 0 amide bonds. The highest BCUT2D eigenvalue weighted by Crippen LogP contribution is 2.31. The molecule has 0 rings (SSSR count). The van der Waals surface area contributed by atoms with Gasteiger partial charge in [-0.3, -0.25) is 0 Å². The Morgan fingerprint density at radius 3 is 1.33 bits per heavy atom. The molecule has 0 saturated heterocycles. The van der Waals surface area contributed by atoms with Gasteiger partial charge in [-0.05, 0) is 54.9 Å². The van der Waals surface area contributed by atoms with Gasteiger partial charge in [0.1, 0.15) is 0 Å². The van der Waals surface area contributed by atoms with E-state index >= 15 is 0 Å². The van der Waals surface area contributed by atoms with Gasteiger partial charge < -0.3 is 9.47 Å². The van der Waals surface area contributed by atoms with Crippen LogP contribution in [0.25, 0.3) is 0 Å². The van der Waals surface area contributed by atoms with Gasteiger partial charge in [-0.15, -0.1) is 0 Å². The van der Waals surface area contributed by atoms with E-state index in [1.165, 1.54) is 44.9 Å². The van der Waals surface area contributed by atoms with Gasteiger partial charge in [-0.1, -0.05) is 45.4 Å². The van der Waals surface area contributed by atoms with Crippen molar-refractivity contribution in [1.29, 1.82) is 0 Å². The molecule has 0 fully saturated rings. The summed E-state index contributed by atoms with van der Waals surface area (Å²) in [6.07, 6.45) is 10.2. The lowest BCUT2D eigenvalue weighted by molar-refractivity contribution is -0.304. The van der Waals surface area contributed by atoms with Gasteiger partial charge in [0.2, 0.25) is 0 Å². The van der Waals surface area contributed by atoms with Gasteiger partial charge in [0.15, 0.2) is 5.79 Å². The molecule has 128 valence electrons. The second-order valence-electron chi connectivity index (χ2n) is 8.43. The molecule has 0 aromatic heterocycles. The van der Waals surface area contributed by atoms with E-state index in [0.29, 0.717) is 0 Å². The average molecular weight is 301 g/mol. The maximum atomic E-state index is 6.22. The Balaban J connectivity index is 4.23. The van der Waals surface area contributed by atoms with Crippen LogP contribution < -0.4 is 0 Å². The summed E-state index contributed by atoms with van der Waals surface area (Å²) < 4.78 is 12.4. The molecule has 0 aliphatic carbocycles. The molecule has 0 unspecified atom stereocenters. The second kappa shape index (κ2) is 9.15. The summed E-state index contributed by atoms with van der Waals surface area (Å²) in [4.78, 5) is 0. The van der Waals surface area contributed by atoms with Gasteiger partial charge >= 0.3 is 0 Å². The number of unbranched alkanes of at least 4 members (excludes halogenated alkanes) is 6. The van der Waals surface area contributed by atoms with E-state index in [1.807, 2.05) is 0 Å². The molecule has 0 N–H and O–H groups in total. The summed E-state index contributed by atoms with van der Waals surface area (Å²) in [5, 5.41) is 0. The minimum Gasteiger partial charge on any atom is -0.345 e. The van der Waals surface area contributed by atoms with Crippen molar-refractivity contribution in [3.05, 3.63) is 0 Å². The first-order valence-electron chi connectivity index (χ1n) is 8.88. The molecular formula is C19H40O2. The fourth-order valence-electron chi connectivity index (χ4n) is 2.82. The largest absolute Gasteiger partial charge is 0.345 e. The first kappa shape index (κ1) is 20.9. The molecule has 0 bridgehead atoms. The molecule has 0 saturated carbocycles. The van der Waals surface area contributed by atoms with Crippen molar-refractivity contribution < 1.29 is 9.47 Å². The zero-order valence-electron chi connectivity index (χ0n) is 16.0. The van der Waals surface area contributed by atoms with Crippen LogP contribution in [0.15, 0.2) is 0 Å². The highest BCUT2D eigenvalue weighted by Gasteiger charge is 2.34. The molecule has 2 nitrogen and oxygen atoms in total. The van der Waals surface area contributed by atoms with Gasteiger partial charge in [0, 0.05) is 6.42 Å². The number of hydrogen-bond donors (Lipinski definition) is 0. The summed E-state index contributed by atoms with van der Waals surface area (Å²) >= 11 is 0. The Morgan fingerprint density at radius 1 is 0.571 bits per heavy atom. The van der Waals surface area contributed by atoms with Crippen molar-refractivity contribution in [3.8, 4) is 0 Å². The lowest BCUT2D eigenvalue weighted by Crippen LogP contribution is -2.44. The van der Waals surface area contributed by atoms with Crippen LogP contribution in [0.3, 0.4) is 0 Å². The molecule has 0 atom stereocenters. The monoisotopic (exact) mass is 300 g/mol. The van der Waals surface area contributed by atoms with Crippen molar-refractivity contribution >= 4 is 0 Å². The predicted molar refractivity (Wildman–Crippen MR) is 92.7 cm³/mol. The Morgan fingerprint density at radius 2 is 0.952 bits per heavy atom. The van der Waals surface area contributed by atoms with Gasteiger partial charge in [-0.25, -0.2) is 0 Å². The second-order valence-corrected chi connectivity index (χ2v) is 8.43. The number of rotatable bonds is 10. The van der Waals surface area contributed by atoms with E-state index in [0.717, 1.165) is 6.42 Å². The van der Waals surface area contributed by atoms with E-state index in [2.05, 4.69) is 55.4 Å².